The van der Waals surface area contributed by atoms with E-state index in [2.05, 4.69) is 18.5 Å². The third-order valence-electron chi connectivity index (χ3n) is 5.63. The van der Waals surface area contributed by atoms with E-state index in [0.717, 1.165) is 5.82 Å². The molecule has 3 aromatic rings. The minimum Gasteiger partial charge on any atom is -0.365 e. The van der Waals surface area contributed by atoms with Crippen molar-refractivity contribution >= 4 is 38.6 Å². The molecule has 1 fully saturated rings. The highest BCUT2D eigenvalue weighted by Gasteiger charge is 2.33. The average Bonchev–Trinajstić information content (AvgIpc) is 3.42. The maximum absolute atomic E-state index is 13.3. The van der Waals surface area contributed by atoms with E-state index in [1.807, 2.05) is 23.1 Å². The van der Waals surface area contributed by atoms with E-state index in [1.165, 1.54) is 11.3 Å². The molecule has 0 bridgehead atoms. The van der Waals surface area contributed by atoms with Gasteiger partial charge < -0.3 is 9.80 Å². The Kier molecular flexibility index (Phi) is 5.63. The molecule has 1 unspecified atom stereocenters. The molecule has 0 N–H and O–H groups in total. The van der Waals surface area contributed by atoms with Gasteiger partial charge in [0.2, 0.25) is 5.78 Å². The second-order valence-electron chi connectivity index (χ2n) is 7.55. The van der Waals surface area contributed by atoms with Crippen LogP contribution < -0.4 is 9.12 Å². The van der Waals surface area contributed by atoms with Gasteiger partial charge in [-0.25, -0.2) is 4.98 Å². The Hall–Kier alpha value is -3.59. The van der Waals surface area contributed by atoms with Crippen LogP contribution in [0, 0.1) is 4.91 Å². The molecule has 0 radical (unpaired) electrons. The number of benzene rings is 1. The fourth-order valence-electron chi connectivity index (χ4n) is 3.99. The summed E-state index contributed by atoms with van der Waals surface area (Å²) in [6.07, 6.45) is 3.40. The van der Waals surface area contributed by atoms with Crippen molar-refractivity contribution < 1.29 is 9.00 Å². The first kappa shape index (κ1) is 21.3. The summed E-state index contributed by atoms with van der Waals surface area (Å²) in [6.45, 7) is 2.65. The molecule has 2 aromatic heterocycles. The maximum Gasteiger partial charge on any atom is 0.475 e. The number of nitrogens with zero attached hydrogens (tertiary/aromatic N) is 5. The van der Waals surface area contributed by atoms with Crippen molar-refractivity contribution in [3.05, 3.63) is 94.0 Å². The van der Waals surface area contributed by atoms with Crippen molar-refractivity contribution in [2.24, 2.45) is 4.40 Å². The number of carbonyl (C=O) groups excluding carboxylic acids is 1. The number of fused-ring (bicyclic) bond motifs is 1. The normalized spacial score (nSPS) is 19.0. The maximum atomic E-state index is 13.3. The summed E-state index contributed by atoms with van der Waals surface area (Å²) in [5, 5.41) is 1.72. The van der Waals surface area contributed by atoms with Crippen molar-refractivity contribution in [3.8, 4) is 0 Å². The van der Waals surface area contributed by atoms with Gasteiger partial charge in [0.05, 0.1) is 11.4 Å². The van der Waals surface area contributed by atoms with Crippen molar-refractivity contribution in [1.82, 2.24) is 14.1 Å². The zero-order chi connectivity index (χ0) is 22.8. The van der Waals surface area contributed by atoms with Gasteiger partial charge in [-0.05, 0) is 35.7 Å². The highest BCUT2D eigenvalue weighted by Crippen LogP contribution is 2.27. The molecule has 3 heterocycles. The second kappa shape index (κ2) is 8.74. The Morgan fingerprint density at radius 3 is 2.33 bits per heavy atom. The third kappa shape index (κ3) is 4.00. The lowest BCUT2D eigenvalue weighted by atomic mass is 9.91. The number of hydrogen-bond donors (Lipinski definition) is 0. The Balaban J connectivity index is 1.51. The zero-order valence-corrected chi connectivity index (χ0v) is 19.2. The molecule has 1 aliphatic heterocycles. The Bertz CT molecular complexity index is 1390. The second-order valence-corrected chi connectivity index (χ2v) is 10.5. The van der Waals surface area contributed by atoms with Gasteiger partial charge in [0.1, 0.15) is 5.82 Å². The summed E-state index contributed by atoms with van der Waals surface area (Å²) in [4.78, 5) is 33.5. The highest BCUT2D eigenvalue weighted by molar-refractivity contribution is 7.94. The Labute approximate surface area is 195 Å². The van der Waals surface area contributed by atoms with E-state index >= 15 is 0 Å². The van der Waals surface area contributed by atoms with Gasteiger partial charge in [0, 0.05) is 43.5 Å². The minimum atomic E-state index is -3.54. The minimum absolute atomic E-state index is 0.113. The molecular formula is C23H20N5O3S2+. The zero-order valence-electron chi connectivity index (χ0n) is 17.5. The summed E-state index contributed by atoms with van der Waals surface area (Å²) in [5.41, 5.74) is 1.82. The van der Waals surface area contributed by atoms with Crippen molar-refractivity contribution in [3.63, 3.8) is 0 Å². The number of thiophene rings is 1. The number of ketones is 1. The van der Waals surface area contributed by atoms with Crippen LogP contribution in [0.15, 0.2) is 86.6 Å². The van der Waals surface area contributed by atoms with Crippen LogP contribution in [0.2, 0.25) is 0 Å². The van der Waals surface area contributed by atoms with Crippen LogP contribution in [-0.4, -0.2) is 51.8 Å². The molecule has 0 amide bonds. The fraction of sp³-hybridized carbons (Fsp3) is 0.174. The molecule has 33 heavy (non-hydrogen) atoms. The molecule has 0 spiro atoms. The lowest BCUT2D eigenvalue weighted by Gasteiger charge is -2.38. The summed E-state index contributed by atoms with van der Waals surface area (Å²) < 4.78 is 20.8. The molecule has 1 atom stereocenters. The Morgan fingerprint density at radius 1 is 0.939 bits per heavy atom. The first-order valence-electron chi connectivity index (χ1n) is 10.4. The van der Waals surface area contributed by atoms with E-state index in [-0.39, 0.29) is 5.78 Å². The number of Topliss-reactive ketones (excluding diaryl/α,β-unsaturated/α-hetero) is 1. The smallest absolute Gasteiger partial charge is 0.365 e. The predicted molar refractivity (Wildman–Crippen MR) is 130 cm³/mol. The van der Waals surface area contributed by atoms with Crippen LogP contribution in [0.25, 0.3) is 0 Å². The largest absolute Gasteiger partial charge is 0.475 e. The van der Waals surface area contributed by atoms with Gasteiger partial charge >= 0.3 is 14.1 Å². The fourth-order valence-corrected chi connectivity index (χ4v) is 6.18. The first-order chi connectivity index (χ1) is 16.1. The van der Waals surface area contributed by atoms with Crippen LogP contribution in [-0.2, 0) is 9.92 Å². The number of anilines is 1. The SMILES string of the molecule is O=[N+]=S(=O)(N=C1C=C(N2CCN(c3ccccn3)CC2)C(=O)c2ccccc21)c1cccs1. The standard InChI is InChI=1S/C23H20N5O3S2/c29-23-18-7-2-1-6-17(18)19(25-33(31,26-30)22-9-5-15-32-22)16-20(23)27-11-13-28(14-12-27)21-8-3-4-10-24-21/h1-10,15-16H,11-14H2/q+1. The number of hydrogen-bond acceptors (Lipinski definition) is 7. The Morgan fingerprint density at radius 2 is 1.67 bits per heavy atom. The highest BCUT2D eigenvalue weighted by atomic mass is 32.2. The lowest BCUT2D eigenvalue weighted by Crippen LogP contribution is -2.48. The van der Waals surface area contributed by atoms with Crippen LogP contribution in [0.1, 0.15) is 15.9 Å². The molecule has 0 saturated carbocycles. The van der Waals surface area contributed by atoms with Crippen LogP contribution in [0.5, 0.6) is 0 Å². The van der Waals surface area contributed by atoms with Crippen molar-refractivity contribution in [2.45, 2.75) is 4.21 Å². The molecule has 10 heteroatoms. The summed E-state index contributed by atoms with van der Waals surface area (Å²) in [7, 11) is -3.54. The van der Waals surface area contributed by atoms with Gasteiger partial charge in [-0.2, -0.15) is 4.21 Å². The van der Waals surface area contributed by atoms with E-state index in [1.54, 1.807) is 54.1 Å². The number of pyridine rings is 1. The number of allylic oxidation sites excluding steroid dienone is 2. The number of piperazine rings is 1. The van der Waals surface area contributed by atoms with Gasteiger partial charge in [-0.3, -0.25) is 4.79 Å². The first-order valence-corrected chi connectivity index (χ1v) is 12.7. The summed E-state index contributed by atoms with van der Waals surface area (Å²) in [5.74, 6) is 0.791. The quantitative estimate of drug-likeness (QED) is 0.535. The summed E-state index contributed by atoms with van der Waals surface area (Å²) >= 11 is 1.17. The molecule has 8 nitrogen and oxygen atoms in total. The lowest BCUT2D eigenvalue weighted by molar-refractivity contribution is 0.0987. The van der Waals surface area contributed by atoms with Crippen molar-refractivity contribution in [2.75, 3.05) is 31.1 Å². The van der Waals surface area contributed by atoms with Crippen molar-refractivity contribution in [1.29, 1.82) is 0 Å². The topological polar surface area (TPSA) is 97.0 Å². The molecular weight excluding hydrogens is 458 g/mol. The van der Waals surface area contributed by atoms with E-state index < -0.39 is 9.92 Å². The van der Waals surface area contributed by atoms with E-state index in [4.69, 9.17) is 0 Å². The number of carbonyl (C=O) groups is 1. The molecule has 2 aliphatic rings. The number of aromatic nitrogens is 1. The van der Waals surface area contributed by atoms with Crippen LogP contribution in [0.4, 0.5) is 5.82 Å². The van der Waals surface area contributed by atoms with E-state index in [9.17, 15) is 13.9 Å². The molecule has 5 rings (SSSR count). The number of nitroso groups, excluding NO2 is 1. The average molecular weight is 479 g/mol. The third-order valence-corrected chi connectivity index (χ3v) is 8.54. The van der Waals surface area contributed by atoms with Crippen LogP contribution in [0.3, 0.4) is 0 Å². The van der Waals surface area contributed by atoms with Crippen LogP contribution >= 0.6 is 11.3 Å². The molecule has 1 aliphatic carbocycles. The van der Waals surface area contributed by atoms with Gasteiger partial charge in [-0.1, -0.05) is 30.3 Å². The van der Waals surface area contributed by atoms with Gasteiger partial charge in [0.25, 0.3) is 0 Å². The molecule has 1 aromatic carbocycles. The number of rotatable bonds is 4. The predicted octanol–water partition coefficient (Wildman–Crippen LogP) is 3.11. The summed E-state index contributed by atoms with van der Waals surface area (Å²) in [6, 6.07) is 16.1. The van der Waals surface area contributed by atoms with Gasteiger partial charge in [0.15, 0.2) is 9.12 Å². The monoisotopic (exact) mass is 478 g/mol. The van der Waals surface area contributed by atoms with E-state index in [0.29, 0.717) is 52.9 Å². The molecule has 1 saturated heterocycles. The molecule has 166 valence electrons. The van der Waals surface area contributed by atoms with Gasteiger partial charge in [-0.15, -0.1) is 15.7 Å².